The number of amides is 1. The van der Waals surface area contributed by atoms with Gasteiger partial charge in [0.1, 0.15) is 11.8 Å². The van der Waals surface area contributed by atoms with Crippen LogP contribution in [0.25, 0.3) is 0 Å². The standard InChI is InChI=1S/C20H26N2O4S2/c1-5-26-17-13-11-16(12-14-17)22(28(4,24)25)15(3)20(23)21-18-9-7-8-10-19(18)27-6-2/h7-15H,5-6H2,1-4H3,(H,21,23)/t15-/m1/s1. The minimum absolute atomic E-state index is 0.400. The minimum Gasteiger partial charge on any atom is -0.494 e. The lowest BCUT2D eigenvalue weighted by molar-refractivity contribution is -0.116. The van der Waals surface area contributed by atoms with Gasteiger partial charge in [0.05, 0.1) is 24.2 Å². The first-order valence-electron chi connectivity index (χ1n) is 9.02. The van der Waals surface area contributed by atoms with Crippen LogP contribution in [-0.2, 0) is 14.8 Å². The summed E-state index contributed by atoms with van der Waals surface area (Å²) in [5.74, 6) is 1.11. The monoisotopic (exact) mass is 422 g/mol. The number of hydrogen-bond acceptors (Lipinski definition) is 5. The van der Waals surface area contributed by atoms with Crippen molar-refractivity contribution >= 4 is 39.1 Å². The van der Waals surface area contributed by atoms with E-state index in [0.29, 0.717) is 23.7 Å². The van der Waals surface area contributed by atoms with Gasteiger partial charge in [-0.25, -0.2) is 8.42 Å². The zero-order valence-electron chi connectivity index (χ0n) is 16.5. The fourth-order valence-corrected chi connectivity index (χ4v) is 4.69. The second kappa shape index (κ2) is 9.84. The van der Waals surface area contributed by atoms with Crippen LogP contribution < -0.4 is 14.4 Å². The molecule has 1 amide bonds. The molecule has 8 heteroatoms. The van der Waals surface area contributed by atoms with Crippen LogP contribution in [0.15, 0.2) is 53.4 Å². The molecule has 0 fully saturated rings. The SMILES string of the molecule is CCOc1ccc(N([C@H](C)C(=O)Nc2ccccc2SCC)S(C)(=O)=O)cc1. The Kier molecular flexibility index (Phi) is 7.77. The van der Waals surface area contributed by atoms with Gasteiger partial charge >= 0.3 is 0 Å². The molecule has 0 unspecified atom stereocenters. The molecule has 0 aliphatic rings. The number of benzene rings is 2. The molecule has 2 aromatic rings. The van der Waals surface area contributed by atoms with Gasteiger partial charge in [0.2, 0.25) is 15.9 Å². The van der Waals surface area contributed by atoms with E-state index >= 15 is 0 Å². The number of anilines is 2. The van der Waals surface area contributed by atoms with Crippen molar-refractivity contribution in [2.75, 3.05) is 28.2 Å². The third kappa shape index (κ3) is 5.65. The van der Waals surface area contributed by atoms with E-state index < -0.39 is 22.0 Å². The molecule has 0 aliphatic heterocycles. The van der Waals surface area contributed by atoms with E-state index in [0.717, 1.165) is 21.2 Å². The molecule has 0 bridgehead atoms. The third-order valence-corrected chi connectivity index (χ3v) is 6.13. The molecule has 1 N–H and O–H groups in total. The lowest BCUT2D eigenvalue weighted by atomic mass is 10.2. The van der Waals surface area contributed by atoms with E-state index in [9.17, 15) is 13.2 Å². The number of nitrogens with one attached hydrogen (secondary N) is 1. The number of hydrogen-bond donors (Lipinski definition) is 1. The molecule has 2 aromatic carbocycles. The Bertz CT molecular complexity index is 899. The molecule has 6 nitrogen and oxygen atoms in total. The second-order valence-corrected chi connectivity index (χ2v) is 9.25. The van der Waals surface area contributed by atoms with E-state index in [1.165, 1.54) is 0 Å². The van der Waals surface area contributed by atoms with Gasteiger partial charge in [0, 0.05) is 4.90 Å². The predicted molar refractivity (Wildman–Crippen MR) is 116 cm³/mol. The molecule has 0 aromatic heterocycles. The van der Waals surface area contributed by atoms with E-state index in [1.807, 2.05) is 38.1 Å². The molecule has 2 rings (SSSR count). The fourth-order valence-electron chi connectivity index (χ4n) is 2.75. The van der Waals surface area contributed by atoms with Crippen molar-refractivity contribution in [3.05, 3.63) is 48.5 Å². The molecule has 0 aliphatic carbocycles. The molecule has 0 saturated heterocycles. The Hall–Kier alpha value is -2.19. The molecule has 0 heterocycles. The van der Waals surface area contributed by atoms with Crippen molar-refractivity contribution in [1.29, 1.82) is 0 Å². The Morgan fingerprint density at radius 3 is 2.36 bits per heavy atom. The van der Waals surface area contributed by atoms with Crippen molar-refractivity contribution in [3.63, 3.8) is 0 Å². The maximum Gasteiger partial charge on any atom is 0.248 e. The van der Waals surface area contributed by atoms with Crippen LogP contribution in [0.4, 0.5) is 11.4 Å². The van der Waals surface area contributed by atoms with Crippen LogP contribution in [0.2, 0.25) is 0 Å². The summed E-state index contributed by atoms with van der Waals surface area (Å²) in [5, 5.41) is 2.86. The average Bonchev–Trinajstić information content (AvgIpc) is 2.64. The zero-order chi connectivity index (χ0) is 20.7. The highest BCUT2D eigenvalue weighted by atomic mass is 32.2. The molecule has 0 radical (unpaired) electrons. The summed E-state index contributed by atoms with van der Waals surface area (Å²) in [5.41, 5.74) is 1.08. The van der Waals surface area contributed by atoms with Gasteiger partial charge in [-0.2, -0.15) is 0 Å². The van der Waals surface area contributed by atoms with Gasteiger partial charge in [-0.1, -0.05) is 19.1 Å². The number of para-hydroxylation sites is 1. The second-order valence-electron chi connectivity index (χ2n) is 6.08. The van der Waals surface area contributed by atoms with Gasteiger partial charge < -0.3 is 10.1 Å². The Morgan fingerprint density at radius 2 is 1.79 bits per heavy atom. The summed E-state index contributed by atoms with van der Waals surface area (Å²) < 4.78 is 31.4. The first-order chi connectivity index (χ1) is 13.3. The van der Waals surface area contributed by atoms with Crippen LogP contribution in [0.5, 0.6) is 5.75 Å². The fraction of sp³-hybridized carbons (Fsp3) is 0.350. The first-order valence-corrected chi connectivity index (χ1v) is 11.9. The highest BCUT2D eigenvalue weighted by Crippen LogP contribution is 2.28. The highest BCUT2D eigenvalue weighted by Gasteiger charge is 2.29. The number of thioether (sulfide) groups is 1. The molecular formula is C20H26N2O4S2. The Balaban J connectivity index is 2.28. The predicted octanol–water partition coefficient (Wildman–Crippen LogP) is 3.99. The summed E-state index contributed by atoms with van der Waals surface area (Å²) in [6.07, 6.45) is 1.09. The smallest absolute Gasteiger partial charge is 0.248 e. The summed E-state index contributed by atoms with van der Waals surface area (Å²) in [4.78, 5) is 13.8. The molecule has 152 valence electrons. The van der Waals surface area contributed by atoms with Crippen LogP contribution in [0, 0.1) is 0 Å². The number of ether oxygens (including phenoxy) is 1. The van der Waals surface area contributed by atoms with Crippen molar-refractivity contribution in [2.24, 2.45) is 0 Å². The largest absolute Gasteiger partial charge is 0.494 e. The topological polar surface area (TPSA) is 75.7 Å². The van der Waals surface area contributed by atoms with Crippen molar-refractivity contribution in [3.8, 4) is 5.75 Å². The normalized spacial score (nSPS) is 12.3. The average molecular weight is 423 g/mol. The molecule has 1 atom stereocenters. The van der Waals surface area contributed by atoms with Gasteiger partial charge in [-0.3, -0.25) is 9.10 Å². The summed E-state index contributed by atoms with van der Waals surface area (Å²) in [7, 11) is -3.67. The molecule has 0 saturated carbocycles. The summed E-state index contributed by atoms with van der Waals surface area (Å²) in [6.45, 7) is 5.99. The first kappa shape index (κ1) is 22.1. The van der Waals surface area contributed by atoms with E-state index in [1.54, 1.807) is 43.0 Å². The summed E-state index contributed by atoms with van der Waals surface area (Å²) >= 11 is 1.61. The minimum atomic E-state index is -3.67. The van der Waals surface area contributed by atoms with Crippen LogP contribution in [-0.4, -0.2) is 39.0 Å². The van der Waals surface area contributed by atoms with Gasteiger partial charge in [-0.05, 0) is 56.0 Å². The van der Waals surface area contributed by atoms with Gasteiger partial charge in [-0.15, -0.1) is 11.8 Å². The quantitative estimate of drug-likeness (QED) is 0.619. The van der Waals surface area contributed by atoms with Crippen molar-refractivity contribution in [2.45, 2.75) is 31.7 Å². The maximum absolute atomic E-state index is 12.8. The number of carbonyl (C=O) groups excluding carboxylic acids is 1. The molecule has 28 heavy (non-hydrogen) atoms. The van der Waals surface area contributed by atoms with E-state index in [-0.39, 0.29) is 0 Å². The van der Waals surface area contributed by atoms with Crippen LogP contribution in [0.1, 0.15) is 20.8 Å². The molecule has 0 spiro atoms. The highest BCUT2D eigenvalue weighted by molar-refractivity contribution is 7.99. The van der Waals surface area contributed by atoms with Crippen molar-refractivity contribution in [1.82, 2.24) is 0 Å². The van der Waals surface area contributed by atoms with E-state index in [4.69, 9.17) is 4.74 Å². The maximum atomic E-state index is 12.8. The molecular weight excluding hydrogens is 396 g/mol. The summed E-state index contributed by atoms with van der Waals surface area (Å²) in [6, 6.07) is 13.2. The number of carbonyl (C=O) groups is 1. The van der Waals surface area contributed by atoms with Gasteiger partial charge in [0.25, 0.3) is 0 Å². The van der Waals surface area contributed by atoms with Crippen LogP contribution >= 0.6 is 11.8 Å². The number of sulfonamides is 1. The Morgan fingerprint density at radius 1 is 1.14 bits per heavy atom. The Labute approximate surface area is 171 Å². The number of rotatable bonds is 9. The lowest BCUT2D eigenvalue weighted by Crippen LogP contribution is -2.45. The van der Waals surface area contributed by atoms with Crippen LogP contribution in [0.3, 0.4) is 0 Å². The number of nitrogens with zero attached hydrogens (tertiary/aromatic N) is 1. The third-order valence-electron chi connectivity index (χ3n) is 3.94. The van der Waals surface area contributed by atoms with E-state index in [2.05, 4.69) is 5.32 Å². The zero-order valence-corrected chi connectivity index (χ0v) is 18.1. The van der Waals surface area contributed by atoms with Crippen molar-refractivity contribution < 1.29 is 17.9 Å². The lowest BCUT2D eigenvalue weighted by Gasteiger charge is -2.28. The van der Waals surface area contributed by atoms with Gasteiger partial charge in [0.15, 0.2) is 0 Å².